The highest BCUT2D eigenvalue weighted by Crippen LogP contribution is 2.58. The lowest BCUT2D eigenvalue weighted by atomic mass is 9.85. The molecule has 4 atom stereocenters. The first-order chi connectivity index (χ1) is 13.1. The minimum Gasteiger partial charge on any atom is -0.274 e. The Morgan fingerprint density at radius 3 is 2.00 bits per heavy atom. The van der Waals surface area contributed by atoms with Gasteiger partial charge in [0.15, 0.2) is 0 Å². The highest BCUT2D eigenvalue weighted by molar-refractivity contribution is 14.1. The van der Waals surface area contributed by atoms with Crippen molar-refractivity contribution in [1.29, 1.82) is 0 Å². The standard InChI is InChI=1S/C23H18INO2/c1-13(14-7-3-2-4-8-14)19-15-11-12-16(19)21-20(15)22(26)25(23(21)27)18-10-6-5-9-17(18)24/h2-12,15-16,20-21H,1H3/t15-,16-,20+,21+/m1/s1. The summed E-state index contributed by atoms with van der Waals surface area (Å²) in [7, 11) is 0. The second kappa shape index (κ2) is 6.16. The van der Waals surface area contributed by atoms with Crippen LogP contribution in [0.5, 0.6) is 0 Å². The minimum atomic E-state index is -0.267. The smallest absolute Gasteiger partial charge is 0.238 e. The van der Waals surface area contributed by atoms with Gasteiger partial charge in [-0.05, 0) is 52.8 Å². The number of carbonyl (C=O) groups excluding carboxylic acids is 2. The molecule has 2 bridgehead atoms. The summed E-state index contributed by atoms with van der Waals surface area (Å²) in [6, 6.07) is 17.8. The number of halogens is 1. The van der Waals surface area contributed by atoms with Crippen molar-refractivity contribution in [2.24, 2.45) is 23.7 Å². The number of para-hydroxylation sites is 1. The maximum atomic E-state index is 13.3. The third-order valence-electron chi connectivity index (χ3n) is 6.15. The Labute approximate surface area is 171 Å². The SMILES string of the molecule is CC(=C1[C@H]2C=C[C@H]1[C@@H]1C(=O)N(c3ccccc3I)C(=O)[C@H]12)c1ccccc1. The monoisotopic (exact) mass is 467 g/mol. The van der Waals surface area contributed by atoms with Gasteiger partial charge in [0.2, 0.25) is 11.8 Å². The molecule has 3 aliphatic rings. The van der Waals surface area contributed by atoms with Crippen LogP contribution in [0.1, 0.15) is 12.5 Å². The maximum Gasteiger partial charge on any atom is 0.238 e. The molecule has 0 spiro atoms. The number of allylic oxidation sites excluding steroid dienone is 4. The van der Waals surface area contributed by atoms with Crippen LogP contribution in [0.15, 0.2) is 72.3 Å². The first-order valence-electron chi connectivity index (χ1n) is 9.16. The second-order valence-corrected chi connectivity index (χ2v) is 8.56. The summed E-state index contributed by atoms with van der Waals surface area (Å²) in [5.41, 5.74) is 4.33. The molecule has 2 aromatic carbocycles. The van der Waals surface area contributed by atoms with Crippen molar-refractivity contribution in [3.63, 3.8) is 0 Å². The quantitative estimate of drug-likeness (QED) is 0.365. The highest BCUT2D eigenvalue weighted by Gasteiger charge is 2.62. The molecule has 3 nitrogen and oxygen atoms in total. The number of rotatable bonds is 2. The van der Waals surface area contributed by atoms with Gasteiger partial charge in [-0.2, -0.15) is 0 Å². The molecule has 134 valence electrons. The summed E-state index contributed by atoms with van der Waals surface area (Å²) in [5.74, 6) is -0.575. The molecule has 5 rings (SSSR count). The zero-order valence-electron chi connectivity index (χ0n) is 14.8. The fourth-order valence-corrected chi connectivity index (χ4v) is 5.62. The third kappa shape index (κ3) is 2.32. The van der Waals surface area contributed by atoms with Gasteiger partial charge >= 0.3 is 0 Å². The summed E-state index contributed by atoms with van der Waals surface area (Å²) in [6.07, 6.45) is 4.27. The van der Waals surface area contributed by atoms with E-state index in [0.29, 0.717) is 5.69 Å². The normalized spacial score (nSPS) is 28.2. The van der Waals surface area contributed by atoms with E-state index in [9.17, 15) is 9.59 Å². The summed E-state index contributed by atoms with van der Waals surface area (Å²) >= 11 is 2.19. The van der Waals surface area contributed by atoms with Crippen LogP contribution in [0.3, 0.4) is 0 Å². The van der Waals surface area contributed by atoms with E-state index >= 15 is 0 Å². The van der Waals surface area contributed by atoms with E-state index in [1.807, 2.05) is 42.5 Å². The topological polar surface area (TPSA) is 37.4 Å². The lowest BCUT2D eigenvalue weighted by Crippen LogP contribution is -2.33. The third-order valence-corrected chi connectivity index (χ3v) is 7.06. The van der Waals surface area contributed by atoms with Crippen molar-refractivity contribution >= 4 is 45.7 Å². The van der Waals surface area contributed by atoms with Gasteiger partial charge < -0.3 is 0 Å². The fourth-order valence-electron chi connectivity index (χ4n) is 4.99. The molecule has 4 heteroatoms. The number of benzene rings is 2. The van der Waals surface area contributed by atoms with Crippen LogP contribution in [0.25, 0.3) is 5.57 Å². The molecule has 0 aromatic heterocycles. The predicted molar refractivity (Wildman–Crippen MR) is 114 cm³/mol. The van der Waals surface area contributed by atoms with E-state index in [-0.39, 0.29) is 35.5 Å². The zero-order chi connectivity index (χ0) is 18.7. The second-order valence-electron chi connectivity index (χ2n) is 7.40. The van der Waals surface area contributed by atoms with Gasteiger partial charge in [-0.15, -0.1) is 0 Å². The number of carbonyl (C=O) groups is 2. The van der Waals surface area contributed by atoms with Crippen molar-refractivity contribution in [3.8, 4) is 0 Å². The van der Waals surface area contributed by atoms with E-state index < -0.39 is 0 Å². The molecular formula is C23H18INO2. The van der Waals surface area contributed by atoms with Crippen molar-refractivity contribution in [2.75, 3.05) is 4.90 Å². The van der Waals surface area contributed by atoms with Crippen LogP contribution >= 0.6 is 22.6 Å². The number of hydrogen-bond donors (Lipinski definition) is 0. The first-order valence-corrected chi connectivity index (χ1v) is 10.2. The summed E-state index contributed by atoms with van der Waals surface area (Å²) in [5, 5.41) is 0. The van der Waals surface area contributed by atoms with Gasteiger partial charge in [0.1, 0.15) is 0 Å². The average Bonchev–Trinajstić information content (AvgIpc) is 3.33. The van der Waals surface area contributed by atoms with Crippen molar-refractivity contribution in [1.82, 2.24) is 0 Å². The molecule has 1 heterocycles. The largest absolute Gasteiger partial charge is 0.274 e. The van der Waals surface area contributed by atoms with Gasteiger partial charge in [-0.25, -0.2) is 4.90 Å². The van der Waals surface area contributed by atoms with Crippen molar-refractivity contribution in [3.05, 3.63) is 81.5 Å². The van der Waals surface area contributed by atoms with Gasteiger partial charge in [-0.1, -0.05) is 60.2 Å². The fraction of sp³-hybridized carbons (Fsp3) is 0.217. The Balaban J connectivity index is 1.58. The van der Waals surface area contributed by atoms with Gasteiger partial charge in [-0.3, -0.25) is 9.59 Å². The van der Waals surface area contributed by atoms with E-state index in [0.717, 1.165) is 3.57 Å². The van der Waals surface area contributed by atoms with E-state index in [4.69, 9.17) is 0 Å². The van der Waals surface area contributed by atoms with Crippen molar-refractivity contribution < 1.29 is 9.59 Å². The van der Waals surface area contributed by atoms with E-state index in [2.05, 4.69) is 53.8 Å². The molecule has 2 aliphatic carbocycles. The molecule has 2 amide bonds. The summed E-state index contributed by atoms with van der Waals surface area (Å²) in [4.78, 5) is 28.0. The van der Waals surface area contributed by atoms with Gasteiger partial charge in [0.05, 0.1) is 17.5 Å². The van der Waals surface area contributed by atoms with Gasteiger partial charge in [0.25, 0.3) is 0 Å². The molecule has 2 fully saturated rings. The Kier molecular flexibility index (Phi) is 3.86. The molecule has 1 saturated heterocycles. The number of amides is 2. The Morgan fingerprint density at radius 1 is 0.852 bits per heavy atom. The number of fused-ring (bicyclic) bond motifs is 5. The molecule has 2 aromatic rings. The molecule has 1 saturated carbocycles. The summed E-state index contributed by atoms with van der Waals surface area (Å²) in [6.45, 7) is 2.12. The van der Waals surface area contributed by atoms with Crippen LogP contribution in [-0.2, 0) is 9.59 Å². The molecule has 0 radical (unpaired) electrons. The molecule has 27 heavy (non-hydrogen) atoms. The van der Waals surface area contributed by atoms with Crippen LogP contribution in [0.2, 0.25) is 0 Å². The molecular weight excluding hydrogens is 449 g/mol. The lowest BCUT2D eigenvalue weighted by molar-refractivity contribution is -0.122. The Morgan fingerprint density at radius 2 is 1.41 bits per heavy atom. The maximum absolute atomic E-state index is 13.3. The van der Waals surface area contributed by atoms with Crippen LogP contribution < -0.4 is 4.90 Å². The number of imide groups is 1. The Hall–Kier alpha value is -2.21. The van der Waals surface area contributed by atoms with Crippen LogP contribution in [0.4, 0.5) is 5.69 Å². The number of nitrogens with zero attached hydrogens (tertiary/aromatic N) is 1. The molecule has 0 unspecified atom stereocenters. The minimum absolute atomic E-state index is 0.0306. The predicted octanol–water partition coefficient (Wildman–Crippen LogP) is 4.69. The molecule has 1 aliphatic heterocycles. The number of anilines is 1. The molecule has 0 N–H and O–H groups in total. The van der Waals surface area contributed by atoms with Crippen molar-refractivity contribution in [2.45, 2.75) is 6.92 Å². The van der Waals surface area contributed by atoms with Crippen LogP contribution in [-0.4, -0.2) is 11.8 Å². The summed E-state index contributed by atoms with van der Waals surface area (Å²) < 4.78 is 0.924. The van der Waals surface area contributed by atoms with E-state index in [1.165, 1.54) is 21.6 Å². The lowest BCUT2D eigenvalue weighted by Gasteiger charge is -2.21. The zero-order valence-corrected chi connectivity index (χ0v) is 17.0. The number of hydrogen-bond acceptors (Lipinski definition) is 2. The van der Waals surface area contributed by atoms with Gasteiger partial charge in [0, 0.05) is 15.4 Å². The first kappa shape index (κ1) is 16.9. The average molecular weight is 467 g/mol. The van der Waals surface area contributed by atoms with Crippen LogP contribution in [0, 0.1) is 27.2 Å². The Bertz CT molecular complexity index is 990. The van der Waals surface area contributed by atoms with E-state index in [1.54, 1.807) is 0 Å². The highest BCUT2D eigenvalue weighted by atomic mass is 127.